The first-order valence-corrected chi connectivity index (χ1v) is 10.5. The Morgan fingerprint density at radius 1 is 1.20 bits per heavy atom. The van der Waals surface area contributed by atoms with Crippen LogP contribution in [0, 0.1) is 11.7 Å². The standard InChI is InChI=1S/C23H28ClFN2O3/c1-29-21-9-7-18(24)13-20(21)26-23(28)10-6-16-4-3-11-27(14-16)15-17-5-8-19(25)22(12-17)30-2/h5,7-9,12-13,16H,3-4,6,10-11,14-15H2,1-2H3,(H,26,28). The number of amides is 1. The average molecular weight is 435 g/mol. The molecule has 2 aromatic carbocycles. The van der Waals surface area contributed by atoms with Gasteiger partial charge in [-0.05, 0) is 67.6 Å². The van der Waals surface area contributed by atoms with Crippen LogP contribution in [0.1, 0.15) is 31.2 Å². The largest absolute Gasteiger partial charge is 0.495 e. The predicted molar refractivity (Wildman–Crippen MR) is 117 cm³/mol. The van der Waals surface area contributed by atoms with Crippen molar-refractivity contribution in [2.24, 2.45) is 5.92 Å². The molecule has 1 atom stereocenters. The minimum atomic E-state index is -0.347. The van der Waals surface area contributed by atoms with Crippen LogP contribution in [-0.4, -0.2) is 38.1 Å². The van der Waals surface area contributed by atoms with Crippen LogP contribution in [0.4, 0.5) is 10.1 Å². The van der Waals surface area contributed by atoms with Gasteiger partial charge in [-0.2, -0.15) is 0 Å². The van der Waals surface area contributed by atoms with Crippen molar-refractivity contribution in [3.05, 3.63) is 52.8 Å². The molecule has 2 aromatic rings. The average Bonchev–Trinajstić information content (AvgIpc) is 2.74. The van der Waals surface area contributed by atoms with Gasteiger partial charge in [-0.15, -0.1) is 0 Å². The number of methoxy groups -OCH3 is 2. The molecule has 3 rings (SSSR count). The second-order valence-electron chi connectivity index (χ2n) is 7.64. The number of hydrogen-bond acceptors (Lipinski definition) is 4. The highest BCUT2D eigenvalue weighted by atomic mass is 35.5. The van der Waals surface area contributed by atoms with Crippen LogP contribution >= 0.6 is 11.6 Å². The lowest BCUT2D eigenvalue weighted by atomic mass is 9.93. The number of nitrogens with zero attached hydrogens (tertiary/aromatic N) is 1. The molecule has 1 amide bonds. The molecule has 5 nitrogen and oxygen atoms in total. The molecule has 1 N–H and O–H groups in total. The summed E-state index contributed by atoms with van der Waals surface area (Å²) in [4.78, 5) is 14.8. The van der Waals surface area contributed by atoms with Gasteiger partial charge in [-0.25, -0.2) is 4.39 Å². The summed E-state index contributed by atoms with van der Waals surface area (Å²) in [5.74, 6) is 0.921. The molecule has 0 aromatic heterocycles. The summed E-state index contributed by atoms with van der Waals surface area (Å²) in [5.41, 5.74) is 1.62. The van der Waals surface area contributed by atoms with Gasteiger partial charge in [0.2, 0.25) is 5.91 Å². The Morgan fingerprint density at radius 3 is 2.77 bits per heavy atom. The van der Waals surface area contributed by atoms with Gasteiger partial charge in [0.25, 0.3) is 0 Å². The van der Waals surface area contributed by atoms with E-state index in [0.29, 0.717) is 28.8 Å². The minimum absolute atomic E-state index is 0.0454. The van der Waals surface area contributed by atoms with Crippen LogP contribution in [0.15, 0.2) is 36.4 Å². The Hall–Kier alpha value is -2.31. The molecular weight excluding hydrogens is 407 g/mol. The number of likely N-dealkylation sites (tertiary alicyclic amines) is 1. The van der Waals surface area contributed by atoms with Gasteiger partial charge in [-0.1, -0.05) is 17.7 Å². The van der Waals surface area contributed by atoms with E-state index in [4.69, 9.17) is 21.1 Å². The van der Waals surface area contributed by atoms with Crippen molar-refractivity contribution in [3.8, 4) is 11.5 Å². The summed E-state index contributed by atoms with van der Waals surface area (Å²) in [6, 6.07) is 10.2. The fraction of sp³-hybridized carbons (Fsp3) is 0.435. The van der Waals surface area contributed by atoms with E-state index in [1.54, 1.807) is 37.4 Å². The second-order valence-corrected chi connectivity index (χ2v) is 8.08. The number of piperidine rings is 1. The van der Waals surface area contributed by atoms with Gasteiger partial charge in [0, 0.05) is 24.5 Å². The fourth-order valence-electron chi connectivity index (χ4n) is 3.92. The van der Waals surface area contributed by atoms with Gasteiger partial charge < -0.3 is 14.8 Å². The molecule has 1 heterocycles. The summed E-state index contributed by atoms with van der Waals surface area (Å²) >= 11 is 6.03. The third-order valence-corrected chi connectivity index (χ3v) is 5.68. The highest BCUT2D eigenvalue weighted by molar-refractivity contribution is 6.31. The topological polar surface area (TPSA) is 50.8 Å². The van der Waals surface area contributed by atoms with Crippen LogP contribution in [-0.2, 0) is 11.3 Å². The zero-order chi connectivity index (χ0) is 21.5. The van der Waals surface area contributed by atoms with Crippen LogP contribution < -0.4 is 14.8 Å². The number of halogens is 2. The van der Waals surface area contributed by atoms with E-state index in [-0.39, 0.29) is 17.5 Å². The number of carbonyl (C=O) groups excluding carboxylic acids is 1. The van der Waals surface area contributed by atoms with Crippen molar-refractivity contribution < 1.29 is 18.7 Å². The molecule has 162 valence electrons. The first-order chi connectivity index (χ1) is 14.5. The van der Waals surface area contributed by atoms with E-state index >= 15 is 0 Å². The lowest BCUT2D eigenvalue weighted by Gasteiger charge is -2.32. The van der Waals surface area contributed by atoms with Gasteiger partial charge in [0.1, 0.15) is 5.75 Å². The number of anilines is 1. The molecule has 7 heteroatoms. The van der Waals surface area contributed by atoms with Crippen LogP contribution in [0.3, 0.4) is 0 Å². The SMILES string of the molecule is COc1cc(CN2CCCC(CCC(=O)Nc3cc(Cl)ccc3OC)C2)ccc1F. The first kappa shape index (κ1) is 22.4. The third kappa shape index (κ3) is 6.09. The highest BCUT2D eigenvalue weighted by Gasteiger charge is 2.21. The van der Waals surface area contributed by atoms with Crippen LogP contribution in [0.25, 0.3) is 0 Å². The molecule has 30 heavy (non-hydrogen) atoms. The summed E-state index contributed by atoms with van der Waals surface area (Å²) in [7, 11) is 3.04. The molecule has 0 aliphatic carbocycles. The lowest BCUT2D eigenvalue weighted by Crippen LogP contribution is -2.35. The maximum atomic E-state index is 13.6. The van der Waals surface area contributed by atoms with Crippen molar-refractivity contribution in [2.75, 3.05) is 32.6 Å². The fourth-order valence-corrected chi connectivity index (χ4v) is 4.09. The monoisotopic (exact) mass is 434 g/mol. The quantitative estimate of drug-likeness (QED) is 0.626. The summed E-state index contributed by atoms with van der Waals surface area (Å²) in [5, 5.41) is 3.45. The predicted octanol–water partition coefficient (Wildman–Crippen LogP) is 5.13. The minimum Gasteiger partial charge on any atom is -0.495 e. The maximum Gasteiger partial charge on any atom is 0.224 e. The number of benzene rings is 2. The zero-order valence-corrected chi connectivity index (χ0v) is 18.2. The van der Waals surface area contributed by atoms with E-state index in [1.165, 1.54) is 13.2 Å². The van der Waals surface area contributed by atoms with E-state index in [9.17, 15) is 9.18 Å². The number of rotatable bonds is 8. The Kier molecular flexibility index (Phi) is 7.94. The zero-order valence-electron chi connectivity index (χ0n) is 17.4. The first-order valence-electron chi connectivity index (χ1n) is 10.2. The Balaban J connectivity index is 1.50. The number of carbonyl (C=O) groups is 1. The number of hydrogen-bond donors (Lipinski definition) is 1. The van der Waals surface area contributed by atoms with Gasteiger partial charge in [0.15, 0.2) is 11.6 Å². The van der Waals surface area contributed by atoms with Crippen molar-refractivity contribution in [2.45, 2.75) is 32.2 Å². The summed E-state index contributed by atoms with van der Waals surface area (Å²) < 4.78 is 24.0. The molecule has 0 bridgehead atoms. The normalized spacial score (nSPS) is 16.9. The Bertz CT molecular complexity index is 878. The maximum absolute atomic E-state index is 13.6. The lowest BCUT2D eigenvalue weighted by molar-refractivity contribution is -0.116. The number of ether oxygens (including phenoxy) is 2. The molecule has 1 fully saturated rings. The van der Waals surface area contributed by atoms with E-state index in [2.05, 4.69) is 10.2 Å². The van der Waals surface area contributed by atoms with Crippen molar-refractivity contribution in [1.29, 1.82) is 0 Å². The molecular formula is C23H28ClFN2O3. The molecule has 1 aliphatic heterocycles. The van der Waals surface area contributed by atoms with Crippen LogP contribution in [0.5, 0.6) is 11.5 Å². The summed E-state index contributed by atoms with van der Waals surface area (Å²) in [6.07, 6.45) is 3.46. The van der Waals surface area contributed by atoms with E-state index in [0.717, 1.165) is 44.5 Å². The Morgan fingerprint density at radius 2 is 2.00 bits per heavy atom. The summed E-state index contributed by atoms with van der Waals surface area (Å²) in [6.45, 7) is 2.68. The van der Waals surface area contributed by atoms with Crippen LogP contribution in [0.2, 0.25) is 5.02 Å². The highest BCUT2D eigenvalue weighted by Crippen LogP contribution is 2.29. The molecule has 1 saturated heterocycles. The second kappa shape index (κ2) is 10.6. The third-order valence-electron chi connectivity index (χ3n) is 5.44. The van der Waals surface area contributed by atoms with Gasteiger partial charge in [-0.3, -0.25) is 9.69 Å². The molecule has 1 unspecified atom stereocenters. The van der Waals surface area contributed by atoms with Crippen molar-refractivity contribution in [3.63, 3.8) is 0 Å². The van der Waals surface area contributed by atoms with E-state index in [1.807, 2.05) is 0 Å². The smallest absolute Gasteiger partial charge is 0.224 e. The van der Waals surface area contributed by atoms with E-state index < -0.39 is 0 Å². The molecule has 0 saturated carbocycles. The number of nitrogens with one attached hydrogen (secondary N) is 1. The van der Waals surface area contributed by atoms with Gasteiger partial charge in [0.05, 0.1) is 19.9 Å². The van der Waals surface area contributed by atoms with Gasteiger partial charge >= 0.3 is 0 Å². The molecule has 0 spiro atoms. The molecule has 1 aliphatic rings. The Labute approximate surface area is 182 Å². The van der Waals surface area contributed by atoms with Crippen molar-refractivity contribution in [1.82, 2.24) is 4.90 Å². The van der Waals surface area contributed by atoms with Crippen molar-refractivity contribution >= 4 is 23.2 Å². The molecule has 0 radical (unpaired) electrons.